The number of alkyl halides is 6. The Morgan fingerprint density at radius 2 is 1.42 bits per heavy atom. The highest BCUT2D eigenvalue weighted by atomic mass is 31.2. The first kappa shape index (κ1) is 18.4. The molecule has 19 heavy (non-hydrogen) atoms. The number of hydrogen-bond acceptors (Lipinski definition) is 5. The summed E-state index contributed by atoms with van der Waals surface area (Å²) in [6.07, 6.45) is -11.0. The quantitative estimate of drug-likeness (QED) is 0.461. The minimum absolute atomic E-state index is 0.834. The zero-order valence-electron chi connectivity index (χ0n) is 9.42. The Bertz CT molecular complexity index is 285. The standard InChI is InChI=1S/C7H10F6O5P/c1-16-5(14)2-19(15,17-3-6(8,9)10)18-4-7(11,12)13/h15H,2-4H2,1H3/q+1. The Kier molecular flexibility index (Phi) is 6.46. The normalized spacial score (nSPS) is 13.5. The summed E-state index contributed by atoms with van der Waals surface area (Å²) in [5, 5.41) is 0. The van der Waals surface area contributed by atoms with E-state index in [0.717, 1.165) is 7.11 Å². The van der Waals surface area contributed by atoms with Crippen molar-refractivity contribution in [2.24, 2.45) is 0 Å². The Morgan fingerprint density at radius 1 is 1.05 bits per heavy atom. The van der Waals surface area contributed by atoms with Crippen LogP contribution in [0.2, 0.25) is 0 Å². The van der Waals surface area contributed by atoms with Crippen molar-refractivity contribution in [1.82, 2.24) is 0 Å². The molecule has 0 aliphatic carbocycles. The van der Waals surface area contributed by atoms with Gasteiger partial charge in [-0.1, -0.05) is 0 Å². The van der Waals surface area contributed by atoms with Gasteiger partial charge in [-0.25, -0.2) is 4.79 Å². The van der Waals surface area contributed by atoms with E-state index in [9.17, 15) is 36.0 Å². The van der Waals surface area contributed by atoms with Crippen LogP contribution in [0.3, 0.4) is 0 Å². The molecule has 0 saturated carbocycles. The third kappa shape index (κ3) is 9.88. The summed E-state index contributed by atoms with van der Waals surface area (Å²) in [4.78, 5) is 20.2. The van der Waals surface area contributed by atoms with Crippen LogP contribution in [0.4, 0.5) is 26.3 Å². The highest BCUT2D eigenvalue weighted by Crippen LogP contribution is 2.58. The van der Waals surface area contributed by atoms with E-state index in [1.807, 2.05) is 0 Å². The molecule has 0 aromatic rings. The highest BCUT2D eigenvalue weighted by molar-refractivity contribution is 7.61. The fourth-order valence-electron chi connectivity index (χ4n) is 0.704. The van der Waals surface area contributed by atoms with Gasteiger partial charge in [-0.2, -0.15) is 40.3 Å². The minimum atomic E-state index is -4.90. The molecule has 0 aromatic heterocycles. The predicted molar refractivity (Wildman–Crippen MR) is 50.0 cm³/mol. The minimum Gasteiger partial charge on any atom is -0.466 e. The van der Waals surface area contributed by atoms with E-state index in [1.165, 1.54) is 0 Å². The predicted octanol–water partition coefficient (Wildman–Crippen LogP) is 2.07. The van der Waals surface area contributed by atoms with Crippen LogP contribution in [-0.2, 0) is 18.6 Å². The van der Waals surface area contributed by atoms with Gasteiger partial charge in [-0.05, 0) is 0 Å². The molecular formula is C7H10F6O5P+. The molecule has 0 saturated heterocycles. The van der Waals surface area contributed by atoms with Gasteiger partial charge in [-0.3, -0.25) is 0 Å². The lowest BCUT2D eigenvalue weighted by atomic mass is 10.7. The summed E-state index contributed by atoms with van der Waals surface area (Å²) in [6, 6.07) is 0. The third-order valence-corrected chi connectivity index (χ3v) is 3.14. The molecule has 0 aromatic carbocycles. The summed E-state index contributed by atoms with van der Waals surface area (Å²) in [7, 11) is -3.82. The number of methoxy groups -OCH3 is 1. The van der Waals surface area contributed by atoms with Crippen molar-refractivity contribution in [2.75, 3.05) is 26.5 Å². The summed E-state index contributed by atoms with van der Waals surface area (Å²) in [5.41, 5.74) is 0. The zero-order chi connectivity index (χ0) is 15.3. The lowest BCUT2D eigenvalue weighted by Crippen LogP contribution is -2.25. The topological polar surface area (TPSA) is 65.0 Å². The van der Waals surface area contributed by atoms with Gasteiger partial charge in [0, 0.05) is 0 Å². The first-order valence-electron chi connectivity index (χ1n) is 4.47. The van der Waals surface area contributed by atoms with Crippen molar-refractivity contribution >= 4 is 13.9 Å². The van der Waals surface area contributed by atoms with Gasteiger partial charge in [0.05, 0.1) is 7.11 Å². The molecule has 1 N–H and O–H groups in total. The van der Waals surface area contributed by atoms with Crippen LogP contribution in [0.25, 0.3) is 0 Å². The highest BCUT2D eigenvalue weighted by Gasteiger charge is 2.50. The molecule has 0 rings (SSSR count). The molecule has 0 atom stereocenters. The Balaban J connectivity index is 4.66. The molecule has 0 fully saturated rings. The van der Waals surface area contributed by atoms with Gasteiger partial charge in [0.25, 0.3) is 0 Å². The van der Waals surface area contributed by atoms with E-state index >= 15 is 0 Å². The lowest BCUT2D eigenvalue weighted by molar-refractivity contribution is -0.168. The number of halogens is 6. The van der Waals surface area contributed by atoms with E-state index in [-0.39, 0.29) is 0 Å². The van der Waals surface area contributed by atoms with Crippen molar-refractivity contribution in [3.63, 3.8) is 0 Å². The molecule has 0 amide bonds. The molecule has 5 nitrogen and oxygen atoms in total. The van der Waals surface area contributed by atoms with Crippen molar-refractivity contribution < 1.29 is 49.8 Å². The summed E-state index contributed by atoms with van der Waals surface area (Å²) >= 11 is 0. The summed E-state index contributed by atoms with van der Waals surface area (Å²) < 4.78 is 83.0. The number of carbonyl (C=O) groups excluding carboxylic acids is 1. The second-order valence-electron chi connectivity index (χ2n) is 3.15. The molecule has 114 valence electrons. The largest absolute Gasteiger partial charge is 0.466 e. The van der Waals surface area contributed by atoms with E-state index < -0.39 is 45.6 Å². The van der Waals surface area contributed by atoms with Crippen molar-refractivity contribution in [2.45, 2.75) is 12.4 Å². The Labute approximate surface area is 104 Å². The van der Waals surface area contributed by atoms with E-state index in [2.05, 4.69) is 13.8 Å². The van der Waals surface area contributed by atoms with Gasteiger partial charge in [-0.15, -0.1) is 0 Å². The SMILES string of the molecule is COC(=O)C[P+](O)(OCC(F)(F)F)OCC(F)(F)F. The molecule has 0 unspecified atom stereocenters. The summed E-state index contributed by atoms with van der Waals surface area (Å²) in [5.74, 6) is -1.26. The van der Waals surface area contributed by atoms with Gasteiger partial charge < -0.3 is 4.74 Å². The van der Waals surface area contributed by atoms with Gasteiger partial charge >= 0.3 is 26.3 Å². The van der Waals surface area contributed by atoms with Crippen molar-refractivity contribution in [1.29, 1.82) is 0 Å². The summed E-state index contributed by atoms with van der Waals surface area (Å²) in [6.45, 7) is -4.10. The number of ether oxygens (including phenoxy) is 1. The van der Waals surface area contributed by atoms with E-state index in [4.69, 9.17) is 0 Å². The molecule has 0 aliphatic rings. The van der Waals surface area contributed by atoms with Crippen LogP contribution < -0.4 is 0 Å². The fraction of sp³-hybridized carbons (Fsp3) is 0.857. The number of rotatable bonds is 6. The molecule has 12 heteroatoms. The first-order chi connectivity index (χ1) is 8.37. The average molecular weight is 319 g/mol. The number of hydrogen-bond donors (Lipinski definition) is 1. The zero-order valence-corrected chi connectivity index (χ0v) is 10.3. The Hall–Kier alpha value is -0.640. The van der Waals surface area contributed by atoms with Crippen LogP contribution >= 0.6 is 7.94 Å². The maximum atomic E-state index is 11.9. The monoisotopic (exact) mass is 319 g/mol. The van der Waals surface area contributed by atoms with E-state index in [0.29, 0.717) is 0 Å². The molecule has 0 heterocycles. The van der Waals surface area contributed by atoms with Gasteiger partial charge in [0.15, 0.2) is 13.2 Å². The molecule has 0 spiro atoms. The maximum absolute atomic E-state index is 11.9. The van der Waals surface area contributed by atoms with Crippen LogP contribution in [0.5, 0.6) is 0 Å². The fourth-order valence-corrected chi connectivity index (χ4v) is 2.11. The lowest BCUT2D eigenvalue weighted by Gasteiger charge is -2.17. The molecule has 0 radical (unpaired) electrons. The second kappa shape index (κ2) is 6.69. The van der Waals surface area contributed by atoms with E-state index in [1.54, 1.807) is 0 Å². The van der Waals surface area contributed by atoms with Crippen LogP contribution in [0, 0.1) is 0 Å². The molecule has 0 aliphatic heterocycles. The number of carbonyl (C=O) groups is 1. The Morgan fingerprint density at radius 3 is 1.68 bits per heavy atom. The second-order valence-corrected chi connectivity index (χ2v) is 5.26. The van der Waals surface area contributed by atoms with Gasteiger partial charge in [0.2, 0.25) is 6.16 Å². The third-order valence-electron chi connectivity index (χ3n) is 1.42. The van der Waals surface area contributed by atoms with Gasteiger partial charge in [0.1, 0.15) is 0 Å². The first-order valence-corrected chi connectivity index (χ1v) is 6.23. The smallest absolute Gasteiger partial charge is 0.421 e. The molecular weight excluding hydrogens is 309 g/mol. The molecule has 0 bridgehead atoms. The van der Waals surface area contributed by atoms with Crippen LogP contribution in [0.15, 0.2) is 0 Å². The van der Waals surface area contributed by atoms with Crippen LogP contribution in [0.1, 0.15) is 0 Å². The average Bonchev–Trinajstić information content (AvgIpc) is 2.22. The maximum Gasteiger partial charge on any atom is 0.421 e. The number of esters is 1. The van der Waals surface area contributed by atoms with Crippen LogP contribution in [-0.4, -0.2) is 49.7 Å². The van der Waals surface area contributed by atoms with Crippen molar-refractivity contribution in [3.8, 4) is 0 Å². The van der Waals surface area contributed by atoms with Crippen molar-refractivity contribution in [3.05, 3.63) is 0 Å².